The molecule has 0 saturated carbocycles. The van der Waals surface area contributed by atoms with Crippen molar-refractivity contribution in [3.8, 4) is 0 Å². The van der Waals surface area contributed by atoms with Crippen molar-refractivity contribution in [3.05, 3.63) is 0 Å². The molecule has 0 aliphatic rings. The first-order valence-corrected chi connectivity index (χ1v) is 7.55. The van der Waals surface area contributed by atoms with Crippen LogP contribution in [0, 0.1) is 0 Å². The highest BCUT2D eigenvalue weighted by Gasteiger charge is 1.91. The number of hydrogen-bond acceptors (Lipinski definition) is 4. The Morgan fingerprint density at radius 1 is 0.444 bits per heavy atom. The molecule has 0 heterocycles. The number of nitrogens with one attached hydrogen (secondary N) is 2. The minimum atomic E-state index is 0.329. The van der Waals surface area contributed by atoms with Crippen molar-refractivity contribution >= 4 is 0 Å². The highest BCUT2D eigenvalue weighted by molar-refractivity contribution is 4.54. The summed E-state index contributed by atoms with van der Waals surface area (Å²) in [5.74, 6) is 0. The summed E-state index contributed by atoms with van der Waals surface area (Å²) in [5, 5.41) is 24.1. The van der Waals surface area contributed by atoms with Crippen LogP contribution in [0.1, 0.15) is 51.4 Å². The van der Waals surface area contributed by atoms with Crippen molar-refractivity contribution in [2.45, 2.75) is 51.4 Å². The summed E-state index contributed by atoms with van der Waals surface area (Å²) in [5.41, 5.74) is 0. The van der Waals surface area contributed by atoms with Gasteiger partial charge in [-0.1, -0.05) is 25.7 Å². The van der Waals surface area contributed by atoms with Crippen LogP contribution in [0.3, 0.4) is 0 Å². The Balaban J connectivity index is 2.86. The molecule has 4 N–H and O–H groups in total. The van der Waals surface area contributed by atoms with Crippen molar-refractivity contribution in [2.24, 2.45) is 0 Å². The molecule has 0 amide bonds. The zero-order valence-corrected chi connectivity index (χ0v) is 11.8. The Labute approximate surface area is 112 Å². The number of unbranched alkanes of at least 4 members (excludes halogenated alkanes) is 6. The standard InChI is InChI=1S/C14H32N2O2/c17-13-7-3-1-5-9-15-11-12-16-10-6-2-4-8-14-18/h15-18H,1-14H2. The third-order valence-corrected chi connectivity index (χ3v) is 3.00. The number of aliphatic hydroxyl groups excluding tert-OH is 2. The lowest BCUT2D eigenvalue weighted by Crippen LogP contribution is -2.28. The van der Waals surface area contributed by atoms with Crippen LogP contribution in [0.15, 0.2) is 0 Å². The molecule has 4 heteroatoms. The highest BCUT2D eigenvalue weighted by Crippen LogP contribution is 1.98. The van der Waals surface area contributed by atoms with Gasteiger partial charge in [-0.15, -0.1) is 0 Å². The van der Waals surface area contributed by atoms with Gasteiger partial charge in [0.05, 0.1) is 0 Å². The molecule has 0 radical (unpaired) electrons. The van der Waals surface area contributed by atoms with Crippen molar-refractivity contribution in [1.82, 2.24) is 10.6 Å². The second-order valence-electron chi connectivity index (χ2n) is 4.78. The van der Waals surface area contributed by atoms with E-state index in [9.17, 15) is 0 Å². The van der Waals surface area contributed by atoms with Gasteiger partial charge in [0.15, 0.2) is 0 Å². The van der Waals surface area contributed by atoms with Gasteiger partial charge in [0.1, 0.15) is 0 Å². The molecule has 0 unspecified atom stereocenters. The summed E-state index contributed by atoms with van der Waals surface area (Å²) >= 11 is 0. The normalized spacial score (nSPS) is 11.0. The second-order valence-corrected chi connectivity index (χ2v) is 4.78. The van der Waals surface area contributed by atoms with Crippen molar-refractivity contribution in [2.75, 3.05) is 39.4 Å². The molecule has 0 aromatic carbocycles. The fourth-order valence-corrected chi connectivity index (χ4v) is 1.86. The summed E-state index contributed by atoms with van der Waals surface area (Å²) in [4.78, 5) is 0. The van der Waals surface area contributed by atoms with E-state index < -0.39 is 0 Å². The van der Waals surface area contributed by atoms with E-state index in [0.717, 1.165) is 51.9 Å². The van der Waals surface area contributed by atoms with Crippen LogP contribution in [0.4, 0.5) is 0 Å². The summed E-state index contributed by atoms with van der Waals surface area (Å²) in [6.45, 7) is 4.91. The third-order valence-electron chi connectivity index (χ3n) is 3.00. The van der Waals surface area contributed by atoms with Crippen LogP contribution >= 0.6 is 0 Å². The molecule has 0 aromatic rings. The molecule has 0 fully saturated rings. The second kappa shape index (κ2) is 16.8. The quantitative estimate of drug-likeness (QED) is 0.335. The van der Waals surface area contributed by atoms with Crippen LogP contribution in [-0.2, 0) is 0 Å². The third kappa shape index (κ3) is 15.8. The van der Waals surface area contributed by atoms with Crippen LogP contribution in [0.5, 0.6) is 0 Å². The lowest BCUT2D eigenvalue weighted by Gasteiger charge is -2.06. The average Bonchev–Trinajstić information content (AvgIpc) is 2.39. The predicted octanol–water partition coefficient (Wildman–Crippen LogP) is 1.27. The van der Waals surface area contributed by atoms with Gasteiger partial charge in [-0.2, -0.15) is 0 Å². The van der Waals surface area contributed by atoms with Crippen LogP contribution in [0.2, 0.25) is 0 Å². The largest absolute Gasteiger partial charge is 0.396 e. The van der Waals surface area contributed by atoms with Gasteiger partial charge in [-0.3, -0.25) is 0 Å². The Morgan fingerprint density at radius 3 is 1.22 bits per heavy atom. The molecule has 0 bridgehead atoms. The molecule has 0 aromatic heterocycles. The van der Waals surface area contributed by atoms with E-state index in [1.54, 1.807) is 0 Å². The van der Waals surface area contributed by atoms with E-state index in [0.29, 0.717) is 13.2 Å². The van der Waals surface area contributed by atoms with Crippen molar-refractivity contribution in [1.29, 1.82) is 0 Å². The fourth-order valence-electron chi connectivity index (χ4n) is 1.86. The maximum absolute atomic E-state index is 8.62. The highest BCUT2D eigenvalue weighted by atomic mass is 16.3. The average molecular weight is 260 g/mol. The molecule has 0 atom stereocenters. The van der Waals surface area contributed by atoms with Gasteiger partial charge in [-0.05, 0) is 38.8 Å². The van der Waals surface area contributed by atoms with Crippen LogP contribution in [-0.4, -0.2) is 49.6 Å². The first kappa shape index (κ1) is 17.8. The first-order chi connectivity index (χ1) is 8.91. The van der Waals surface area contributed by atoms with Crippen molar-refractivity contribution < 1.29 is 10.2 Å². The minimum Gasteiger partial charge on any atom is -0.396 e. The van der Waals surface area contributed by atoms with E-state index in [-0.39, 0.29) is 0 Å². The van der Waals surface area contributed by atoms with Gasteiger partial charge in [-0.25, -0.2) is 0 Å². The molecule has 0 aliphatic carbocycles. The summed E-state index contributed by atoms with van der Waals surface area (Å²) in [7, 11) is 0. The van der Waals surface area contributed by atoms with Gasteiger partial charge in [0.25, 0.3) is 0 Å². The van der Waals surface area contributed by atoms with Gasteiger partial charge in [0, 0.05) is 26.3 Å². The Kier molecular flexibility index (Phi) is 16.7. The summed E-state index contributed by atoms with van der Waals surface area (Å²) in [6.07, 6.45) is 9.02. The number of rotatable bonds is 15. The van der Waals surface area contributed by atoms with E-state index in [2.05, 4.69) is 10.6 Å². The van der Waals surface area contributed by atoms with Gasteiger partial charge < -0.3 is 20.8 Å². The number of aliphatic hydroxyl groups is 2. The topological polar surface area (TPSA) is 64.5 Å². The Hall–Kier alpha value is -0.160. The van der Waals surface area contributed by atoms with Gasteiger partial charge in [0.2, 0.25) is 0 Å². The van der Waals surface area contributed by atoms with Crippen LogP contribution < -0.4 is 10.6 Å². The SMILES string of the molecule is OCCCCCCNCCNCCCCCCO. The van der Waals surface area contributed by atoms with E-state index in [1.165, 1.54) is 25.7 Å². The predicted molar refractivity (Wildman–Crippen MR) is 76.8 cm³/mol. The molecule has 0 spiro atoms. The molecule has 110 valence electrons. The summed E-state index contributed by atoms with van der Waals surface area (Å²) < 4.78 is 0. The lowest BCUT2D eigenvalue weighted by molar-refractivity contribution is 0.282. The Morgan fingerprint density at radius 2 is 0.833 bits per heavy atom. The minimum absolute atomic E-state index is 0.329. The van der Waals surface area contributed by atoms with Crippen LogP contribution in [0.25, 0.3) is 0 Å². The number of hydrogen-bond donors (Lipinski definition) is 4. The molecular formula is C14H32N2O2. The van der Waals surface area contributed by atoms with Gasteiger partial charge >= 0.3 is 0 Å². The molecule has 0 saturated heterocycles. The Bertz CT molecular complexity index is 130. The molecular weight excluding hydrogens is 228 g/mol. The zero-order chi connectivity index (χ0) is 13.3. The van der Waals surface area contributed by atoms with E-state index >= 15 is 0 Å². The molecule has 0 rings (SSSR count). The van der Waals surface area contributed by atoms with E-state index in [4.69, 9.17) is 10.2 Å². The smallest absolute Gasteiger partial charge is 0.0431 e. The maximum atomic E-state index is 8.62. The molecule has 18 heavy (non-hydrogen) atoms. The maximum Gasteiger partial charge on any atom is 0.0431 e. The molecule has 4 nitrogen and oxygen atoms in total. The molecule has 0 aliphatic heterocycles. The fraction of sp³-hybridized carbons (Fsp3) is 1.00. The zero-order valence-electron chi connectivity index (χ0n) is 11.8. The summed E-state index contributed by atoms with van der Waals surface area (Å²) in [6, 6.07) is 0. The first-order valence-electron chi connectivity index (χ1n) is 7.55. The van der Waals surface area contributed by atoms with E-state index in [1.807, 2.05) is 0 Å². The monoisotopic (exact) mass is 260 g/mol. The van der Waals surface area contributed by atoms with Crippen molar-refractivity contribution in [3.63, 3.8) is 0 Å². The lowest BCUT2D eigenvalue weighted by atomic mass is 10.2.